The Balaban J connectivity index is 2.01. The quantitative estimate of drug-likeness (QED) is 0.771. The Kier molecular flexibility index (Phi) is 5.11. The molecule has 0 N–H and O–H groups in total. The highest BCUT2D eigenvalue weighted by Gasteiger charge is 2.27. The summed E-state index contributed by atoms with van der Waals surface area (Å²) >= 11 is 0. The van der Waals surface area contributed by atoms with Gasteiger partial charge in [-0.3, -0.25) is 4.79 Å². The van der Waals surface area contributed by atoms with Crippen LogP contribution in [0.15, 0.2) is 60.7 Å². The summed E-state index contributed by atoms with van der Waals surface area (Å²) in [4.78, 5) is 17.5. The molecule has 0 saturated carbocycles. The summed E-state index contributed by atoms with van der Waals surface area (Å²) in [5.41, 5.74) is 2.08. The zero-order chi connectivity index (χ0) is 15.1. The van der Waals surface area contributed by atoms with Crippen molar-refractivity contribution in [3.63, 3.8) is 0 Å². The molecule has 2 aromatic rings. The van der Waals surface area contributed by atoms with Crippen molar-refractivity contribution < 1.29 is 4.79 Å². The molecule has 0 bridgehead atoms. The summed E-state index contributed by atoms with van der Waals surface area (Å²) in [5, 5.41) is 0. The molecule has 0 aliphatic heterocycles. The molecule has 2 aromatic carbocycles. The Bertz CT molecular complexity index is 617. The predicted molar refractivity (Wildman–Crippen MR) is 83.5 cm³/mol. The van der Waals surface area contributed by atoms with Gasteiger partial charge in [0.2, 0.25) is 0 Å². The minimum Gasteiger partial charge on any atom is -0.335 e. The van der Waals surface area contributed by atoms with Gasteiger partial charge < -0.3 is 9.74 Å². The van der Waals surface area contributed by atoms with Gasteiger partial charge in [-0.15, -0.1) is 0 Å². The van der Waals surface area contributed by atoms with Crippen molar-refractivity contribution in [3.8, 4) is 0 Å². The maximum Gasteiger partial charge on any atom is 0.306 e. The molecule has 0 radical (unpaired) electrons. The Hall–Kier alpha value is -2.60. The second-order valence-corrected chi connectivity index (χ2v) is 5.01. The maximum atomic E-state index is 12.4. The highest BCUT2D eigenvalue weighted by molar-refractivity contribution is 5.83. The van der Waals surface area contributed by atoms with Crippen molar-refractivity contribution in [1.82, 2.24) is 4.90 Å². The van der Waals surface area contributed by atoms with Crippen LogP contribution in [0.1, 0.15) is 11.1 Å². The first-order valence-electron chi connectivity index (χ1n) is 6.90. The van der Waals surface area contributed by atoms with E-state index in [1.54, 1.807) is 11.9 Å². The first kappa shape index (κ1) is 14.8. The second kappa shape index (κ2) is 7.25. The zero-order valence-corrected chi connectivity index (χ0v) is 12.1. The van der Waals surface area contributed by atoms with E-state index in [4.69, 9.17) is 6.57 Å². The van der Waals surface area contributed by atoms with Crippen LogP contribution in [0.3, 0.4) is 0 Å². The van der Waals surface area contributed by atoms with Crippen LogP contribution in [0, 0.1) is 6.57 Å². The molecular weight excluding hydrogens is 260 g/mol. The van der Waals surface area contributed by atoms with Crippen LogP contribution < -0.4 is 0 Å². The number of hydrogen-bond acceptors (Lipinski definition) is 1. The van der Waals surface area contributed by atoms with Gasteiger partial charge in [0.05, 0.1) is 6.42 Å². The van der Waals surface area contributed by atoms with Crippen LogP contribution >= 0.6 is 0 Å². The van der Waals surface area contributed by atoms with Crippen molar-refractivity contribution in [2.24, 2.45) is 0 Å². The van der Waals surface area contributed by atoms with E-state index in [1.165, 1.54) is 0 Å². The lowest BCUT2D eigenvalue weighted by molar-refractivity contribution is -0.130. The summed E-state index contributed by atoms with van der Waals surface area (Å²) in [5.74, 6) is -0.127. The third kappa shape index (κ3) is 4.19. The summed E-state index contributed by atoms with van der Waals surface area (Å²) in [6.45, 7) is 7.82. The van der Waals surface area contributed by atoms with E-state index >= 15 is 0 Å². The van der Waals surface area contributed by atoms with Crippen molar-refractivity contribution in [1.29, 1.82) is 0 Å². The van der Waals surface area contributed by atoms with E-state index in [-0.39, 0.29) is 5.91 Å². The molecule has 0 heterocycles. The van der Waals surface area contributed by atoms with Crippen LogP contribution in [-0.2, 0) is 17.8 Å². The summed E-state index contributed by atoms with van der Waals surface area (Å²) in [6.07, 6.45) is 0.461. The number of nitrogens with zero attached hydrogens (tertiary/aromatic N) is 2. The lowest BCUT2D eigenvalue weighted by Crippen LogP contribution is -2.35. The zero-order valence-electron chi connectivity index (χ0n) is 12.1. The highest BCUT2D eigenvalue weighted by atomic mass is 16.2. The first-order valence-corrected chi connectivity index (χ1v) is 6.90. The van der Waals surface area contributed by atoms with E-state index < -0.39 is 6.04 Å². The van der Waals surface area contributed by atoms with Gasteiger partial charge in [0.15, 0.2) is 0 Å². The summed E-state index contributed by atoms with van der Waals surface area (Å²) < 4.78 is 0. The van der Waals surface area contributed by atoms with E-state index in [0.29, 0.717) is 13.0 Å². The van der Waals surface area contributed by atoms with Gasteiger partial charge in [0.1, 0.15) is 0 Å². The van der Waals surface area contributed by atoms with E-state index in [2.05, 4.69) is 4.85 Å². The van der Waals surface area contributed by atoms with Gasteiger partial charge in [-0.2, -0.15) is 0 Å². The second-order valence-electron chi connectivity index (χ2n) is 5.01. The van der Waals surface area contributed by atoms with Crippen LogP contribution in [0.2, 0.25) is 0 Å². The Labute approximate surface area is 125 Å². The first-order chi connectivity index (χ1) is 10.2. The molecule has 0 aliphatic rings. The number of carbonyl (C=O) groups excluding carboxylic acids is 1. The van der Waals surface area contributed by atoms with Crippen molar-refractivity contribution >= 4 is 5.91 Å². The lowest BCUT2D eigenvalue weighted by Gasteiger charge is -2.18. The van der Waals surface area contributed by atoms with Gasteiger partial charge in [-0.05, 0) is 11.1 Å². The summed E-state index contributed by atoms with van der Waals surface area (Å²) in [7, 11) is 1.75. The van der Waals surface area contributed by atoms with E-state index in [0.717, 1.165) is 11.1 Å². The number of hydrogen-bond donors (Lipinski definition) is 0. The lowest BCUT2D eigenvalue weighted by atomic mass is 10.1. The minimum absolute atomic E-state index is 0.127. The van der Waals surface area contributed by atoms with Gasteiger partial charge in [-0.1, -0.05) is 60.7 Å². The SMILES string of the molecule is [C-]#[N+]C(Cc1ccccc1)C(=O)N(C)Cc1ccccc1. The highest BCUT2D eigenvalue weighted by Crippen LogP contribution is 2.10. The average molecular weight is 278 g/mol. The molecule has 3 heteroatoms. The van der Waals surface area contributed by atoms with Crippen LogP contribution in [-0.4, -0.2) is 23.9 Å². The van der Waals surface area contributed by atoms with Crippen LogP contribution in [0.5, 0.6) is 0 Å². The molecule has 1 atom stereocenters. The van der Waals surface area contributed by atoms with E-state index in [1.807, 2.05) is 60.7 Å². The topological polar surface area (TPSA) is 24.7 Å². The van der Waals surface area contributed by atoms with Crippen molar-refractivity contribution in [2.75, 3.05) is 7.05 Å². The van der Waals surface area contributed by atoms with Crippen molar-refractivity contribution in [2.45, 2.75) is 19.0 Å². The van der Waals surface area contributed by atoms with Crippen molar-refractivity contribution in [3.05, 3.63) is 83.2 Å². The number of amides is 1. The van der Waals surface area contributed by atoms with Gasteiger partial charge in [-0.25, -0.2) is 6.57 Å². The summed E-state index contributed by atoms with van der Waals surface area (Å²) in [6, 6.07) is 18.8. The Morgan fingerprint density at radius 3 is 2.10 bits per heavy atom. The van der Waals surface area contributed by atoms with E-state index in [9.17, 15) is 4.79 Å². The monoisotopic (exact) mass is 278 g/mol. The molecule has 21 heavy (non-hydrogen) atoms. The van der Waals surface area contributed by atoms with Gasteiger partial charge in [0, 0.05) is 13.6 Å². The molecule has 106 valence electrons. The average Bonchev–Trinajstić information content (AvgIpc) is 2.54. The molecule has 0 aromatic heterocycles. The fourth-order valence-corrected chi connectivity index (χ4v) is 2.22. The third-order valence-corrected chi connectivity index (χ3v) is 3.35. The minimum atomic E-state index is -0.652. The molecular formula is C18H18N2O. The fourth-order valence-electron chi connectivity index (χ4n) is 2.22. The number of likely N-dealkylation sites (N-methyl/N-ethyl adjacent to an activating group) is 1. The Morgan fingerprint density at radius 2 is 1.57 bits per heavy atom. The fraction of sp³-hybridized carbons (Fsp3) is 0.222. The number of benzene rings is 2. The molecule has 1 amide bonds. The normalized spacial score (nSPS) is 11.4. The molecule has 2 rings (SSSR count). The smallest absolute Gasteiger partial charge is 0.306 e. The van der Waals surface area contributed by atoms with Gasteiger partial charge >= 0.3 is 11.9 Å². The molecule has 0 fully saturated rings. The molecule has 0 saturated heterocycles. The maximum absolute atomic E-state index is 12.4. The number of carbonyl (C=O) groups is 1. The predicted octanol–water partition coefficient (Wildman–Crippen LogP) is 3.18. The molecule has 0 aliphatic carbocycles. The molecule has 0 spiro atoms. The number of rotatable bonds is 5. The molecule has 3 nitrogen and oxygen atoms in total. The van der Waals surface area contributed by atoms with Crippen LogP contribution in [0.25, 0.3) is 4.85 Å². The third-order valence-electron chi connectivity index (χ3n) is 3.35. The molecule has 1 unspecified atom stereocenters. The van der Waals surface area contributed by atoms with Crippen LogP contribution in [0.4, 0.5) is 0 Å². The van der Waals surface area contributed by atoms with Gasteiger partial charge in [0.25, 0.3) is 0 Å². The Morgan fingerprint density at radius 1 is 1.05 bits per heavy atom. The largest absolute Gasteiger partial charge is 0.335 e. The standard InChI is InChI=1S/C18H18N2O/c1-19-17(13-15-9-5-3-6-10-15)18(21)20(2)14-16-11-7-4-8-12-16/h3-12,17H,13-14H2,2H3.